The maximum atomic E-state index is 5.60. The first kappa shape index (κ1) is 11.0. The molecule has 1 heterocycles. The Labute approximate surface area is 82.0 Å². The highest BCUT2D eigenvalue weighted by Crippen LogP contribution is 2.21. The van der Waals surface area contributed by atoms with Crippen molar-refractivity contribution in [3.63, 3.8) is 0 Å². The van der Waals surface area contributed by atoms with Crippen LogP contribution in [0.3, 0.4) is 0 Å². The van der Waals surface area contributed by atoms with Gasteiger partial charge in [0.15, 0.2) is 0 Å². The maximum absolute atomic E-state index is 5.60. The molecule has 1 unspecified atom stereocenters. The molecule has 13 heavy (non-hydrogen) atoms. The molecule has 0 aromatic rings. The summed E-state index contributed by atoms with van der Waals surface area (Å²) in [6, 6.07) is 0. The molecule has 1 N–H and O–H groups in total. The average Bonchev–Trinajstić information content (AvgIpc) is 2.52. The summed E-state index contributed by atoms with van der Waals surface area (Å²) in [7, 11) is 0. The Morgan fingerprint density at radius 1 is 1.46 bits per heavy atom. The van der Waals surface area contributed by atoms with Crippen molar-refractivity contribution in [2.45, 2.75) is 58.1 Å². The minimum atomic E-state index is 0.278. The number of nitrogens with one attached hydrogen (secondary N) is 1. The average molecular weight is 185 g/mol. The van der Waals surface area contributed by atoms with Crippen molar-refractivity contribution in [1.82, 2.24) is 5.32 Å². The van der Waals surface area contributed by atoms with E-state index in [4.69, 9.17) is 4.74 Å². The molecule has 2 heteroatoms. The third-order valence-electron chi connectivity index (χ3n) is 2.77. The van der Waals surface area contributed by atoms with Crippen LogP contribution in [0, 0.1) is 0 Å². The van der Waals surface area contributed by atoms with E-state index in [-0.39, 0.29) is 5.54 Å². The normalized spacial score (nSPS) is 23.8. The summed E-state index contributed by atoms with van der Waals surface area (Å²) >= 11 is 0. The molecule has 0 amide bonds. The summed E-state index contributed by atoms with van der Waals surface area (Å²) in [6.07, 6.45) is 5.48. The second-order valence-electron chi connectivity index (χ2n) is 4.59. The molecule has 1 aliphatic heterocycles. The van der Waals surface area contributed by atoms with Gasteiger partial charge in [-0.05, 0) is 46.1 Å². The van der Waals surface area contributed by atoms with Crippen LogP contribution in [-0.4, -0.2) is 24.8 Å². The highest BCUT2D eigenvalue weighted by atomic mass is 16.5. The van der Waals surface area contributed by atoms with Gasteiger partial charge in [0.25, 0.3) is 0 Å². The topological polar surface area (TPSA) is 21.3 Å². The zero-order chi connectivity index (χ0) is 9.73. The van der Waals surface area contributed by atoms with E-state index in [0.717, 1.165) is 13.2 Å². The van der Waals surface area contributed by atoms with Crippen LogP contribution in [0.25, 0.3) is 0 Å². The molecular formula is C11H23NO. The fourth-order valence-corrected chi connectivity index (χ4v) is 1.96. The predicted octanol–water partition coefficient (Wildman–Crippen LogP) is 2.33. The lowest BCUT2D eigenvalue weighted by Gasteiger charge is -2.26. The van der Waals surface area contributed by atoms with E-state index in [1.807, 2.05) is 0 Å². The Bertz CT molecular complexity index is 139. The third kappa shape index (κ3) is 4.10. The molecule has 1 saturated heterocycles. The van der Waals surface area contributed by atoms with Gasteiger partial charge in [0, 0.05) is 12.1 Å². The molecule has 1 atom stereocenters. The fraction of sp³-hybridized carbons (Fsp3) is 1.00. The monoisotopic (exact) mass is 185 g/mol. The molecular weight excluding hydrogens is 162 g/mol. The van der Waals surface area contributed by atoms with E-state index >= 15 is 0 Å². The zero-order valence-corrected chi connectivity index (χ0v) is 9.23. The van der Waals surface area contributed by atoms with Gasteiger partial charge in [-0.2, -0.15) is 0 Å². The Morgan fingerprint density at radius 3 is 2.77 bits per heavy atom. The minimum Gasteiger partial charge on any atom is -0.378 e. The number of hydrogen-bond acceptors (Lipinski definition) is 2. The van der Waals surface area contributed by atoms with Crippen molar-refractivity contribution in [2.75, 3.05) is 13.2 Å². The summed E-state index contributed by atoms with van der Waals surface area (Å²) in [5.41, 5.74) is 0.278. The van der Waals surface area contributed by atoms with Gasteiger partial charge in [-0.25, -0.2) is 0 Å². The van der Waals surface area contributed by atoms with Crippen molar-refractivity contribution in [3.05, 3.63) is 0 Å². The lowest BCUT2D eigenvalue weighted by molar-refractivity contribution is 0.0955. The van der Waals surface area contributed by atoms with Crippen LogP contribution in [0.1, 0.15) is 46.5 Å². The molecule has 1 rings (SSSR count). The SMILES string of the molecule is CCNC(C)(C)CCC1CCCO1. The highest BCUT2D eigenvalue weighted by molar-refractivity contribution is 4.79. The van der Waals surface area contributed by atoms with E-state index in [0.29, 0.717) is 6.10 Å². The van der Waals surface area contributed by atoms with E-state index in [1.54, 1.807) is 0 Å². The fourth-order valence-electron chi connectivity index (χ4n) is 1.96. The summed E-state index contributed by atoms with van der Waals surface area (Å²) in [4.78, 5) is 0. The third-order valence-corrected chi connectivity index (χ3v) is 2.77. The van der Waals surface area contributed by atoms with E-state index < -0.39 is 0 Å². The van der Waals surface area contributed by atoms with Crippen LogP contribution >= 0.6 is 0 Å². The summed E-state index contributed by atoms with van der Waals surface area (Å²) < 4.78 is 5.60. The van der Waals surface area contributed by atoms with Gasteiger partial charge in [0.1, 0.15) is 0 Å². The van der Waals surface area contributed by atoms with Gasteiger partial charge in [-0.1, -0.05) is 6.92 Å². The summed E-state index contributed by atoms with van der Waals surface area (Å²) in [5, 5.41) is 3.49. The van der Waals surface area contributed by atoms with E-state index in [9.17, 15) is 0 Å². The predicted molar refractivity (Wildman–Crippen MR) is 56.0 cm³/mol. The second kappa shape index (κ2) is 4.97. The van der Waals surface area contributed by atoms with Gasteiger partial charge in [0.2, 0.25) is 0 Å². The number of hydrogen-bond donors (Lipinski definition) is 1. The van der Waals surface area contributed by atoms with E-state index in [2.05, 4.69) is 26.1 Å². The second-order valence-corrected chi connectivity index (χ2v) is 4.59. The molecule has 0 aromatic carbocycles. The number of rotatable bonds is 5. The van der Waals surface area contributed by atoms with Crippen molar-refractivity contribution in [1.29, 1.82) is 0 Å². The minimum absolute atomic E-state index is 0.278. The van der Waals surface area contributed by atoms with Gasteiger partial charge < -0.3 is 10.1 Å². The Balaban J connectivity index is 2.15. The molecule has 78 valence electrons. The number of ether oxygens (including phenoxy) is 1. The molecule has 0 aromatic heterocycles. The first-order valence-corrected chi connectivity index (χ1v) is 5.51. The van der Waals surface area contributed by atoms with Crippen molar-refractivity contribution >= 4 is 0 Å². The van der Waals surface area contributed by atoms with Crippen molar-refractivity contribution in [3.8, 4) is 0 Å². The first-order chi connectivity index (χ1) is 6.14. The lowest BCUT2D eigenvalue weighted by Crippen LogP contribution is -2.39. The summed E-state index contributed by atoms with van der Waals surface area (Å²) in [6.45, 7) is 8.73. The zero-order valence-electron chi connectivity index (χ0n) is 9.23. The maximum Gasteiger partial charge on any atom is 0.0576 e. The van der Waals surface area contributed by atoms with Crippen LogP contribution in [0.15, 0.2) is 0 Å². The van der Waals surface area contributed by atoms with Crippen LogP contribution in [-0.2, 0) is 4.74 Å². The largest absolute Gasteiger partial charge is 0.378 e. The van der Waals surface area contributed by atoms with Gasteiger partial charge in [-0.15, -0.1) is 0 Å². The standard InChI is InChI=1S/C11H23NO/c1-4-12-11(2,3)8-7-10-6-5-9-13-10/h10,12H,4-9H2,1-3H3. The highest BCUT2D eigenvalue weighted by Gasteiger charge is 2.21. The summed E-state index contributed by atoms with van der Waals surface area (Å²) in [5.74, 6) is 0. The van der Waals surface area contributed by atoms with Crippen molar-refractivity contribution < 1.29 is 4.74 Å². The molecule has 0 radical (unpaired) electrons. The molecule has 1 aliphatic rings. The van der Waals surface area contributed by atoms with Gasteiger partial charge in [0.05, 0.1) is 6.10 Å². The first-order valence-electron chi connectivity index (χ1n) is 5.51. The van der Waals surface area contributed by atoms with Crippen LogP contribution in [0.4, 0.5) is 0 Å². The quantitative estimate of drug-likeness (QED) is 0.710. The Kier molecular flexibility index (Phi) is 4.20. The molecule has 1 fully saturated rings. The van der Waals surface area contributed by atoms with Gasteiger partial charge >= 0.3 is 0 Å². The molecule has 0 aliphatic carbocycles. The van der Waals surface area contributed by atoms with E-state index in [1.165, 1.54) is 25.7 Å². The molecule has 0 spiro atoms. The molecule has 0 saturated carbocycles. The Morgan fingerprint density at radius 2 is 2.23 bits per heavy atom. The van der Waals surface area contributed by atoms with Gasteiger partial charge in [-0.3, -0.25) is 0 Å². The van der Waals surface area contributed by atoms with Crippen LogP contribution in [0.5, 0.6) is 0 Å². The lowest BCUT2D eigenvalue weighted by atomic mass is 9.95. The van der Waals surface area contributed by atoms with Crippen LogP contribution in [0.2, 0.25) is 0 Å². The molecule has 2 nitrogen and oxygen atoms in total. The van der Waals surface area contributed by atoms with Crippen LogP contribution < -0.4 is 5.32 Å². The van der Waals surface area contributed by atoms with Crippen molar-refractivity contribution in [2.24, 2.45) is 0 Å². The molecule has 0 bridgehead atoms. The Hall–Kier alpha value is -0.0800. The smallest absolute Gasteiger partial charge is 0.0576 e.